The number of nitrogens with one attached hydrogen (secondary N) is 2. The number of carbonyl (C=O) groups is 2. The van der Waals surface area contributed by atoms with Crippen LogP contribution in [-0.2, 0) is 16.1 Å². The zero-order chi connectivity index (χ0) is 20.8. The average molecular weight is 417 g/mol. The molecule has 0 bridgehead atoms. The van der Waals surface area contributed by atoms with Crippen LogP contribution >= 0.6 is 11.3 Å². The molecule has 1 saturated heterocycles. The molecule has 2 N–H and O–H groups in total. The van der Waals surface area contributed by atoms with Gasteiger partial charge < -0.3 is 10.6 Å². The van der Waals surface area contributed by atoms with Gasteiger partial charge in [0.05, 0.1) is 4.92 Å². The van der Waals surface area contributed by atoms with Crippen molar-refractivity contribution in [1.29, 1.82) is 0 Å². The fourth-order valence-electron chi connectivity index (χ4n) is 3.37. The lowest BCUT2D eigenvalue weighted by Gasteiger charge is -2.31. The molecule has 1 aromatic heterocycles. The number of thiophene rings is 1. The molecule has 2 aromatic rings. The van der Waals surface area contributed by atoms with Crippen LogP contribution in [0.2, 0.25) is 0 Å². The minimum Gasteiger partial charge on any atom is -0.348 e. The summed E-state index contributed by atoms with van der Waals surface area (Å²) in [5.41, 5.74) is 0.853. The minimum atomic E-state index is -0.767. The number of piperidine rings is 1. The fourth-order valence-corrected chi connectivity index (χ4v) is 4.12. The van der Waals surface area contributed by atoms with Crippen molar-refractivity contribution in [3.05, 3.63) is 56.3 Å². The number of likely N-dealkylation sites (tertiary alicyclic amines) is 1. The zero-order valence-corrected chi connectivity index (χ0v) is 17.0. The van der Waals surface area contributed by atoms with Crippen molar-refractivity contribution in [2.75, 3.05) is 25.0 Å². The van der Waals surface area contributed by atoms with Gasteiger partial charge >= 0.3 is 11.8 Å². The van der Waals surface area contributed by atoms with Gasteiger partial charge in [0.1, 0.15) is 0 Å². The van der Waals surface area contributed by atoms with Crippen molar-refractivity contribution in [2.45, 2.75) is 26.3 Å². The van der Waals surface area contributed by atoms with E-state index >= 15 is 0 Å². The lowest BCUT2D eigenvalue weighted by Crippen LogP contribution is -2.41. The highest BCUT2D eigenvalue weighted by atomic mass is 32.1. The van der Waals surface area contributed by atoms with Crippen LogP contribution in [0.25, 0.3) is 0 Å². The van der Waals surface area contributed by atoms with Crippen LogP contribution in [0.3, 0.4) is 0 Å². The van der Waals surface area contributed by atoms with Gasteiger partial charge in [0.25, 0.3) is 5.69 Å². The maximum absolute atomic E-state index is 12.1. The number of anilines is 1. The molecule has 1 aliphatic heterocycles. The van der Waals surface area contributed by atoms with Crippen molar-refractivity contribution in [3.8, 4) is 0 Å². The number of benzene rings is 1. The summed E-state index contributed by atoms with van der Waals surface area (Å²) < 4.78 is 0. The molecular weight excluding hydrogens is 392 g/mol. The zero-order valence-electron chi connectivity index (χ0n) is 16.2. The molecule has 2 heterocycles. The first-order valence-electron chi connectivity index (χ1n) is 9.51. The van der Waals surface area contributed by atoms with Crippen LogP contribution in [0.15, 0.2) is 35.7 Å². The van der Waals surface area contributed by atoms with Gasteiger partial charge in [0.2, 0.25) is 0 Å². The third-order valence-corrected chi connectivity index (χ3v) is 5.95. The number of non-ortho nitro benzene ring substituents is 1. The Labute approximate surface area is 173 Å². The summed E-state index contributed by atoms with van der Waals surface area (Å²) in [4.78, 5) is 38.3. The van der Waals surface area contributed by atoms with Crippen LogP contribution < -0.4 is 10.6 Å². The highest BCUT2D eigenvalue weighted by molar-refractivity contribution is 7.09. The SMILES string of the molecule is Cc1cc([N+](=O)[O-])ccc1NC(=O)C(=O)NCC1CCN(Cc2cccs2)CC1. The van der Waals surface area contributed by atoms with Gasteiger partial charge in [-0.1, -0.05) is 6.07 Å². The molecule has 8 nitrogen and oxygen atoms in total. The van der Waals surface area contributed by atoms with E-state index in [1.54, 1.807) is 18.3 Å². The summed E-state index contributed by atoms with van der Waals surface area (Å²) >= 11 is 1.76. The van der Waals surface area contributed by atoms with E-state index in [4.69, 9.17) is 0 Å². The molecule has 3 rings (SSSR count). The van der Waals surface area contributed by atoms with Gasteiger partial charge in [-0.05, 0) is 61.8 Å². The van der Waals surface area contributed by atoms with Gasteiger partial charge in [-0.15, -0.1) is 11.3 Å². The van der Waals surface area contributed by atoms with Crippen molar-refractivity contribution in [2.24, 2.45) is 5.92 Å². The van der Waals surface area contributed by atoms with Crippen molar-refractivity contribution in [1.82, 2.24) is 10.2 Å². The Balaban J connectivity index is 1.41. The third kappa shape index (κ3) is 5.85. The first kappa shape index (κ1) is 20.9. The van der Waals surface area contributed by atoms with Gasteiger partial charge in [0.15, 0.2) is 0 Å². The van der Waals surface area contributed by atoms with Crippen molar-refractivity contribution < 1.29 is 14.5 Å². The Kier molecular flexibility index (Phi) is 6.95. The predicted octanol–water partition coefficient (Wildman–Crippen LogP) is 2.93. The van der Waals surface area contributed by atoms with Gasteiger partial charge in [-0.25, -0.2) is 0 Å². The molecule has 0 atom stereocenters. The van der Waals surface area contributed by atoms with Crippen LogP contribution in [0.1, 0.15) is 23.3 Å². The van der Waals surface area contributed by atoms with Gasteiger partial charge in [0, 0.05) is 35.8 Å². The average Bonchev–Trinajstić information content (AvgIpc) is 3.21. The first-order valence-corrected chi connectivity index (χ1v) is 10.4. The Morgan fingerprint density at radius 2 is 2.00 bits per heavy atom. The van der Waals surface area contributed by atoms with Gasteiger partial charge in [-0.3, -0.25) is 24.6 Å². The topological polar surface area (TPSA) is 105 Å². The largest absolute Gasteiger partial charge is 0.348 e. The Hall–Kier alpha value is -2.78. The molecular formula is C20H24N4O4S. The number of nitro benzene ring substituents is 1. The van der Waals surface area contributed by atoms with E-state index in [1.165, 1.54) is 23.1 Å². The lowest BCUT2D eigenvalue weighted by molar-refractivity contribution is -0.384. The number of nitro groups is 1. The Bertz CT molecular complexity index is 877. The molecule has 1 fully saturated rings. The molecule has 154 valence electrons. The van der Waals surface area contributed by atoms with E-state index in [2.05, 4.69) is 33.0 Å². The minimum absolute atomic E-state index is 0.0598. The van der Waals surface area contributed by atoms with Crippen LogP contribution in [0.5, 0.6) is 0 Å². The molecule has 1 aromatic carbocycles. The fraction of sp³-hybridized carbons (Fsp3) is 0.400. The van der Waals surface area contributed by atoms with E-state index < -0.39 is 16.7 Å². The lowest BCUT2D eigenvalue weighted by atomic mass is 9.97. The quantitative estimate of drug-likeness (QED) is 0.428. The summed E-state index contributed by atoms with van der Waals surface area (Å²) in [5, 5.41) is 18.1. The van der Waals surface area contributed by atoms with Crippen molar-refractivity contribution >= 4 is 34.5 Å². The van der Waals surface area contributed by atoms with E-state index in [9.17, 15) is 19.7 Å². The number of hydrogen-bond donors (Lipinski definition) is 2. The van der Waals surface area contributed by atoms with Gasteiger partial charge in [-0.2, -0.15) is 0 Å². The predicted molar refractivity (Wildman–Crippen MR) is 112 cm³/mol. The molecule has 29 heavy (non-hydrogen) atoms. The molecule has 0 aliphatic carbocycles. The van der Waals surface area contributed by atoms with Crippen LogP contribution in [-0.4, -0.2) is 41.3 Å². The summed E-state index contributed by atoms with van der Waals surface area (Å²) in [5.74, 6) is -1.10. The number of hydrogen-bond acceptors (Lipinski definition) is 6. The van der Waals surface area contributed by atoms with Crippen molar-refractivity contribution in [3.63, 3.8) is 0 Å². The third-order valence-electron chi connectivity index (χ3n) is 5.09. The highest BCUT2D eigenvalue weighted by Gasteiger charge is 2.22. The number of nitrogens with zero attached hydrogens (tertiary/aromatic N) is 2. The second kappa shape index (κ2) is 9.62. The van der Waals surface area contributed by atoms with Crippen LogP contribution in [0.4, 0.5) is 11.4 Å². The second-order valence-corrected chi connectivity index (χ2v) is 8.25. The van der Waals surface area contributed by atoms with Crippen LogP contribution in [0, 0.1) is 23.0 Å². The van der Waals surface area contributed by atoms with E-state index in [0.717, 1.165) is 32.5 Å². The number of aryl methyl sites for hydroxylation is 1. The van der Waals surface area contributed by atoms with E-state index in [1.807, 2.05) is 0 Å². The Morgan fingerprint density at radius 1 is 1.24 bits per heavy atom. The summed E-state index contributed by atoms with van der Waals surface area (Å²) in [7, 11) is 0. The summed E-state index contributed by atoms with van der Waals surface area (Å²) in [6.07, 6.45) is 1.96. The molecule has 0 unspecified atom stereocenters. The Morgan fingerprint density at radius 3 is 2.62 bits per heavy atom. The first-order chi connectivity index (χ1) is 13.9. The number of rotatable bonds is 6. The summed E-state index contributed by atoms with van der Waals surface area (Å²) in [6, 6.07) is 8.29. The standard InChI is InChI=1S/C20H24N4O4S/c1-14-11-16(24(27)28)4-5-18(14)22-20(26)19(25)21-12-15-6-8-23(9-7-15)13-17-3-2-10-29-17/h2-5,10-11,15H,6-9,12-13H2,1H3,(H,21,25)(H,22,26). The molecule has 0 spiro atoms. The second-order valence-electron chi connectivity index (χ2n) is 7.22. The maximum Gasteiger partial charge on any atom is 0.313 e. The molecule has 0 radical (unpaired) electrons. The maximum atomic E-state index is 12.1. The number of carbonyl (C=O) groups excluding carboxylic acids is 2. The summed E-state index contributed by atoms with van der Waals surface area (Å²) in [6.45, 7) is 5.04. The normalized spacial score (nSPS) is 15.1. The van der Waals surface area contributed by atoms with E-state index in [-0.39, 0.29) is 5.69 Å². The monoisotopic (exact) mass is 416 g/mol. The number of amides is 2. The molecule has 9 heteroatoms. The van der Waals surface area contributed by atoms with E-state index in [0.29, 0.717) is 23.7 Å². The molecule has 0 saturated carbocycles. The smallest absolute Gasteiger partial charge is 0.313 e. The highest BCUT2D eigenvalue weighted by Crippen LogP contribution is 2.22. The molecule has 2 amide bonds. The molecule has 1 aliphatic rings.